The van der Waals surface area contributed by atoms with Gasteiger partial charge in [-0.05, 0) is 35.6 Å². The molecule has 0 atom stereocenters. The number of aromatic nitrogens is 1. The molecule has 0 saturated heterocycles. The molecule has 1 aromatic carbocycles. The summed E-state index contributed by atoms with van der Waals surface area (Å²) in [6.07, 6.45) is 4.41. The number of nitrogens with zero attached hydrogens (tertiary/aromatic N) is 1. The van der Waals surface area contributed by atoms with Crippen LogP contribution in [0.15, 0.2) is 30.3 Å². The normalized spacial score (nSPS) is 16.2. The van der Waals surface area contributed by atoms with Crippen molar-refractivity contribution >= 4 is 45.8 Å². The monoisotopic (exact) mass is 360 g/mol. The zero-order valence-corrected chi connectivity index (χ0v) is 15.0. The van der Waals surface area contributed by atoms with Gasteiger partial charge in [-0.3, -0.25) is 14.9 Å². The van der Waals surface area contributed by atoms with E-state index in [1.807, 2.05) is 12.1 Å². The number of fused-ring (bicyclic) bond motifs is 1. The number of halogens is 1. The van der Waals surface area contributed by atoms with E-state index in [1.165, 1.54) is 17.4 Å². The summed E-state index contributed by atoms with van der Waals surface area (Å²) in [5.74, 6) is -0.168. The van der Waals surface area contributed by atoms with Gasteiger partial charge in [-0.25, -0.2) is 4.98 Å². The Labute approximate surface area is 149 Å². The lowest BCUT2D eigenvalue weighted by Gasteiger charge is -2.26. The molecule has 4 nitrogen and oxygen atoms in total. The maximum Gasteiger partial charge on any atom is 0.250 e. The molecule has 3 rings (SSSR count). The first-order chi connectivity index (χ1) is 11.3. The largest absolute Gasteiger partial charge is 0.298 e. The molecule has 0 radical (unpaired) electrons. The van der Waals surface area contributed by atoms with Gasteiger partial charge in [0.1, 0.15) is 0 Å². The second-order valence-corrected chi connectivity index (χ2v) is 8.05. The second-order valence-electron chi connectivity index (χ2n) is 6.61. The summed E-state index contributed by atoms with van der Waals surface area (Å²) in [6, 6.07) is 7.19. The van der Waals surface area contributed by atoms with Crippen LogP contribution < -0.4 is 5.32 Å². The van der Waals surface area contributed by atoms with Crippen LogP contribution in [0.3, 0.4) is 0 Å². The molecule has 1 aliphatic carbocycles. The Morgan fingerprint density at radius 1 is 1.29 bits per heavy atom. The molecule has 0 fully saturated rings. The minimum absolute atomic E-state index is 0.0755. The van der Waals surface area contributed by atoms with Crippen molar-refractivity contribution in [3.63, 3.8) is 0 Å². The summed E-state index contributed by atoms with van der Waals surface area (Å²) in [7, 11) is 0. The zero-order chi connectivity index (χ0) is 17.3. The average Bonchev–Trinajstić information content (AvgIpc) is 2.88. The van der Waals surface area contributed by atoms with Gasteiger partial charge in [0.25, 0.3) is 0 Å². The predicted octanol–water partition coefficient (Wildman–Crippen LogP) is 4.60. The fourth-order valence-corrected chi connectivity index (χ4v) is 3.71. The number of benzene rings is 1. The third-order valence-corrected chi connectivity index (χ3v) is 5.07. The van der Waals surface area contributed by atoms with Crippen LogP contribution in [-0.4, -0.2) is 16.7 Å². The molecule has 24 heavy (non-hydrogen) atoms. The Morgan fingerprint density at radius 3 is 2.71 bits per heavy atom. The van der Waals surface area contributed by atoms with E-state index >= 15 is 0 Å². The molecule has 1 heterocycles. The first-order valence-corrected chi connectivity index (χ1v) is 8.79. The quantitative estimate of drug-likeness (QED) is 0.813. The standard InChI is InChI=1S/C18H17ClN2O2S/c1-18(2)9-13-16(14(22)10-18)24-17(20-13)21-15(23)8-5-11-3-6-12(19)7-4-11/h3-8H,9-10H2,1-2H3,(H,20,21,23). The van der Waals surface area contributed by atoms with Crippen LogP contribution in [0.5, 0.6) is 0 Å². The first-order valence-electron chi connectivity index (χ1n) is 7.60. The zero-order valence-electron chi connectivity index (χ0n) is 13.4. The van der Waals surface area contributed by atoms with Gasteiger partial charge in [0.15, 0.2) is 10.9 Å². The Bertz CT molecular complexity index is 822. The van der Waals surface area contributed by atoms with Crippen LogP contribution in [0, 0.1) is 5.41 Å². The number of hydrogen-bond donors (Lipinski definition) is 1. The minimum atomic E-state index is -0.275. The van der Waals surface area contributed by atoms with Crippen molar-refractivity contribution in [3.8, 4) is 0 Å². The molecular weight excluding hydrogens is 344 g/mol. The summed E-state index contributed by atoms with van der Waals surface area (Å²) in [6.45, 7) is 4.11. The van der Waals surface area contributed by atoms with Gasteiger partial charge in [-0.15, -0.1) is 0 Å². The predicted molar refractivity (Wildman–Crippen MR) is 97.7 cm³/mol. The number of hydrogen-bond acceptors (Lipinski definition) is 4. The highest BCUT2D eigenvalue weighted by molar-refractivity contribution is 7.17. The van der Waals surface area contributed by atoms with Gasteiger partial charge in [0, 0.05) is 17.5 Å². The molecule has 1 aromatic heterocycles. The van der Waals surface area contributed by atoms with Crippen LogP contribution in [0.1, 0.15) is 41.2 Å². The van der Waals surface area contributed by atoms with Crippen molar-refractivity contribution in [2.24, 2.45) is 5.41 Å². The molecule has 2 aromatic rings. The number of rotatable bonds is 3. The maximum absolute atomic E-state index is 12.2. The lowest BCUT2D eigenvalue weighted by atomic mass is 9.78. The van der Waals surface area contributed by atoms with E-state index in [4.69, 9.17) is 11.6 Å². The number of Topliss-reactive ketones (excluding diaryl/α,β-unsaturated/α-hetero) is 1. The van der Waals surface area contributed by atoms with Crippen molar-refractivity contribution in [3.05, 3.63) is 51.5 Å². The number of nitrogens with one attached hydrogen (secondary N) is 1. The van der Waals surface area contributed by atoms with Crippen LogP contribution in [0.4, 0.5) is 5.13 Å². The molecular formula is C18H17ClN2O2S. The fraction of sp³-hybridized carbons (Fsp3) is 0.278. The topological polar surface area (TPSA) is 59.1 Å². The molecule has 0 bridgehead atoms. The van der Waals surface area contributed by atoms with Gasteiger partial charge < -0.3 is 0 Å². The summed E-state index contributed by atoms with van der Waals surface area (Å²) in [4.78, 5) is 29.3. The van der Waals surface area contributed by atoms with Crippen LogP contribution in [-0.2, 0) is 11.2 Å². The van der Waals surface area contributed by atoms with E-state index in [-0.39, 0.29) is 17.1 Å². The molecule has 1 amide bonds. The van der Waals surface area contributed by atoms with Crippen molar-refractivity contribution < 1.29 is 9.59 Å². The number of ketones is 1. The van der Waals surface area contributed by atoms with Crippen molar-refractivity contribution in [2.75, 3.05) is 5.32 Å². The Hall–Kier alpha value is -1.98. The van der Waals surface area contributed by atoms with Gasteiger partial charge in [-0.1, -0.05) is 48.9 Å². The van der Waals surface area contributed by atoms with Gasteiger partial charge >= 0.3 is 0 Å². The number of anilines is 1. The van der Waals surface area contributed by atoms with E-state index in [0.29, 0.717) is 21.5 Å². The highest BCUT2D eigenvalue weighted by Crippen LogP contribution is 2.38. The van der Waals surface area contributed by atoms with E-state index in [0.717, 1.165) is 17.7 Å². The Kier molecular flexibility index (Phi) is 4.56. The molecule has 1 aliphatic rings. The van der Waals surface area contributed by atoms with E-state index in [9.17, 15) is 9.59 Å². The van der Waals surface area contributed by atoms with Gasteiger partial charge in [0.2, 0.25) is 5.91 Å². The lowest BCUT2D eigenvalue weighted by Crippen LogP contribution is -2.26. The fourth-order valence-electron chi connectivity index (χ4n) is 2.67. The summed E-state index contributed by atoms with van der Waals surface area (Å²) in [5, 5.41) is 3.85. The number of carbonyl (C=O) groups is 2. The van der Waals surface area contributed by atoms with Crippen LogP contribution >= 0.6 is 22.9 Å². The molecule has 0 aliphatic heterocycles. The van der Waals surface area contributed by atoms with Crippen LogP contribution in [0.2, 0.25) is 5.02 Å². The summed E-state index contributed by atoms with van der Waals surface area (Å²) < 4.78 is 0. The Balaban J connectivity index is 1.69. The van der Waals surface area contributed by atoms with Crippen molar-refractivity contribution in [1.29, 1.82) is 0 Å². The van der Waals surface area contributed by atoms with Crippen LogP contribution in [0.25, 0.3) is 6.08 Å². The summed E-state index contributed by atoms with van der Waals surface area (Å²) in [5.41, 5.74) is 1.59. The number of amides is 1. The SMILES string of the molecule is CC1(C)CC(=O)c2sc(NC(=O)C=Cc3ccc(Cl)cc3)nc2C1. The lowest BCUT2D eigenvalue weighted by molar-refractivity contribution is -0.111. The smallest absolute Gasteiger partial charge is 0.250 e. The minimum Gasteiger partial charge on any atom is -0.298 e. The third-order valence-electron chi connectivity index (χ3n) is 3.76. The first kappa shape index (κ1) is 16.9. The number of thiazole rings is 1. The molecule has 0 saturated carbocycles. The van der Waals surface area contributed by atoms with Crippen molar-refractivity contribution in [1.82, 2.24) is 4.98 Å². The molecule has 0 unspecified atom stereocenters. The molecule has 124 valence electrons. The molecule has 1 N–H and O–H groups in total. The molecule has 0 spiro atoms. The van der Waals surface area contributed by atoms with E-state index in [1.54, 1.807) is 18.2 Å². The molecule has 6 heteroatoms. The second kappa shape index (κ2) is 6.49. The highest BCUT2D eigenvalue weighted by atomic mass is 35.5. The maximum atomic E-state index is 12.2. The third kappa shape index (κ3) is 3.91. The van der Waals surface area contributed by atoms with E-state index < -0.39 is 0 Å². The number of carbonyl (C=O) groups excluding carboxylic acids is 2. The average molecular weight is 361 g/mol. The van der Waals surface area contributed by atoms with Gasteiger partial charge in [-0.2, -0.15) is 0 Å². The van der Waals surface area contributed by atoms with E-state index in [2.05, 4.69) is 24.1 Å². The Morgan fingerprint density at radius 2 is 2.00 bits per heavy atom. The highest BCUT2D eigenvalue weighted by Gasteiger charge is 2.33. The van der Waals surface area contributed by atoms with Gasteiger partial charge in [0.05, 0.1) is 10.6 Å². The van der Waals surface area contributed by atoms with Crippen molar-refractivity contribution in [2.45, 2.75) is 26.7 Å². The summed E-state index contributed by atoms with van der Waals surface area (Å²) >= 11 is 7.08.